The van der Waals surface area contributed by atoms with Crippen LogP contribution in [0.2, 0.25) is 0 Å². The summed E-state index contributed by atoms with van der Waals surface area (Å²) in [7, 11) is 0. The van der Waals surface area contributed by atoms with Gasteiger partial charge in [-0.15, -0.1) is 0 Å². The number of carbonyl (C=O) groups is 1. The normalized spacial score (nSPS) is 16.0. The lowest BCUT2D eigenvalue weighted by atomic mass is 10.00. The number of hydrogen-bond donors (Lipinski definition) is 1. The van der Waals surface area contributed by atoms with Gasteiger partial charge in [0, 0.05) is 30.0 Å². The van der Waals surface area contributed by atoms with Gasteiger partial charge in [-0.3, -0.25) is 14.0 Å². The Morgan fingerprint density at radius 2 is 2.00 bits per heavy atom. The molecule has 1 N–H and O–H groups in total. The summed E-state index contributed by atoms with van der Waals surface area (Å²) in [5.74, 6) is 0.614. The molecule has 1 aromatic heterocycles. The SMILES string of the molecule is O=C(/C=C/c1ccccn1)NCC1Cc2cccc(-c3ccc(CS(=O)[O-])cc3)c2O1. The number of nitrogens with one attached hydrogen (secondary N) is 1. The maximum absolute atomic E-state index is 12.1. The van der Waals surface area contributed by atoms with E-state index in [1.165, 1.54) is 6.08 Å². The van der Waals surface area contributed by atoms with E-state index >= 15 is 0 Å². The Morgan fingerprint density at radius 3 is 2.74 bits per heavy atom. The lowest BCUT2D eigenvalue weighted by Gasteiger charge is -2.13. The molecule has 3 aromatic rings. The lowest BCUT2D eigenvalue weighted by Crippen LogP contribution is -2.33. The first-order valence-corrected chi connectivity index (χ1v) is 11.1. The Kier molecular flexibility index (Phi) is 6.54. The van der Waals surface area contributed by atoms with Gasteiger partial charge in [0.05, 0.1) is 12.2 Å². The number of ether oxygens (including phenoxy) is 1. The van der Waals surface area contributed by atoms with Crippen molar-refractivity contribution in [1.29, 1.82) is 0 Å². The molecule has 0 aliphatic carbocycles. The summed E-state index contributed by atoms with van der Waals surface area (Å²) in [5.41, 5.74) is 4.46. The van der Waals surface area contributed by atoms with E-state index in [1.54, 1.807) is 12.3 Å². The number of pyridine rings is 1. The molecule has 7 heteroatoms. The van der Waals surface area contributed by atoms with Gasteiger partial charge in [-0.1, -0.05) is 59.6 Å². The largest absolute Gasteiger partial charge is 0.772 e. The van der Waals surface area contributed by atoms with Crippen LogP contribution in [0.1, 0.15) is 16.8 Å². The van der Waals surface area contributed by atoms with Crippen molar-refractivity contribution in [3.05, 3.63) is 89.8 Å². The molecule has 0 radical (unpaired) electrons. The molecule has 0 saturated heterocycles. The zero-order valence-electron chi connectivity index (χ0n) is 16.7. The van der Waals surface area contributed by atoms with Gasteiger partial charge in [-0.2, -0.15) is 0 Å². The van der Waals surface area contributed by atoms with Crippen molar-refractivity contribution in [3.63, 3.8) is 0 Å². The van der Waals surface area contributed by atoms with Gasteiger partial charge in [0.15, 0.2) is 0 Å². The summed E-state index contributed by atoms with van der Waals surface area (Å²) in [6.07, 6.45) is 5.37. The van der Waals surface area contributed by atoms with Crippen molar-refractivity contribution in [2.24, 2.45) is 0 Å². The third-order valence-electron chi connectivity index (χ3n) is 4.98. The molecule has 0 fully saturated rings. The molecule has 0 bridgehead atoms. The molecule has 158 valence electrons. The minimum atomic E-state index is -2.11. The highest BCUT2D eigenvalue weighted by Gasteiger charge is 2.25. The first-order chi connectivity index (χ1) is 15.1. The zero-order chi connectivity index (χ0) is 21.6. The van der Waals surface area contributed by atoms with Crippen molar-refractivity contribution >= 4 is 23.1 Å². The summed E-state index contributed by atoms with van der Waals surface area (Å²) >= 11 is -2.11. The van der Waals surface area contributed by atoms with E-state index in [4.69, 9.17) is 4.74 Å². The fourth-order valence-electron chi connectivity index (χ4n) is 3.51. The number of hydrogen-bond acceptors (Lipinski definition) is 5. The van der Waals surface area contributed by atoms with Crippen molar-refractivity contribution in [2.75, 3.05) is 6.54 Å². The predicted molar refractivity (Wildman–Crippen MR) is 119 cm³/mol. The second-order valence-electron chi connectivity index (χ2n) is 7.22. The molecule has 2 atom stereocenters. The molecule has 0 spiro atoms. The van der Waals surface area contributed by atoms with E-state index < -0.39 is 11.1 Å². The van der Waals surface area contributed by atoms with Gasteiger partial charge in [-0.05, 0) is 34.9 Å². The van der Waals surface area contributed by atoms with Crippen LogP contribution in [0, 0.1) is 0 Å². The molecule has 6 nitrogen and oxygen atoms in total. The van der Waals surface area contributed by atoms with Crippen molar-refractivity contribution < 1.29 is 18.3 Å². The van der Waals surface area contributed by atoms with Gasteiger partial charge in [0.25, 0.3) is 0 Å². The van der Waals surface area contributed by atoms with Gasteiger partial charge < -0.3 is 14.6 Å². The Morgan fingerprint density at radius 1 is 1.16 bits per heavy atom. The van der Waals surface area contributed by atoms with Gasteiger partial charge in [0.1, 0.15) is 11.9 Å². The molecule has 2 aromatic carbocycles. The maximum Gasteiger partial charge on any atom is 0.244 e. The minimum absolute atomic E-state index is 0.000228. The number of amides is 1. The highest BCUT2D eigenvalue weighted by Crippen LogP contribution is 2.38. The van der Waals surface area contributed by atoms with E-state index in [2.05, 4.69) is 10.3 Å². The second-order valence-corrected chi connectivity index (χ2v) is 8.11. The van der Waals surface area contributed by atoms with Crippen LogP contribution in [-0.4, -0.2) is 32.3 Å². The van der Waals surface area contributed by atoms with Gasteiger partial charge in [0.2, 0.25) is 5.91 Å². The highest BCUT2D eigenvalue weighted by molar-refractivity contribution is 7.78. The number of nitrogens with zero attached hydrogens (tertiary/aromatic N) is 1. The average molecular weight is 434 g/mol. The Labute approximate surface area is 183 Å². The Bertz CT molecular complexity index is 1110. The van der Waals surface area contributed by atoms with Crippen LogP contribution in [0.3, 0.4) is 0 Å². The fraction of sp³-hybridized carbons (Fsp3) is 0.167. The van der Waals surface area contributed by atoms with E-state index in [0.29, 0.717) is 13.0 Å². The topological polar surface area (TPSA) is 91.4 Å². The molecule has 1 aliphatic rings. The summed E-state index contributed by atoms with van der Waals surface area (Å²) in [4.78, 5) is 16.3. The van der Waals surface area contributed by atoms with Crippen molar-refractivity contribution in [3.8, 4) is 16.9 Å². The molecule has 2 heterocycles. The van der Waals surface area contributed by atoms with Crippen LogP contribution in [-0.2, 0) is 28.0 Å². The molecule has 31 heavy (non-hydrogen) atoms. The highest BCUT2D eigenvalue weighted by atomic mass is 32.2. The Balaban J connectivity index is 1.38. The van der Waals surface area contributed by atoms with Crippen LogP contribution in [0.25, 0.3) is 17.2 Å². The molecule has 0 saturated carbocycles. The molecular weight excluding hydrogens is 412 g/mol. The van der Waals surface area contributed by atoms with Crippen LogP contribution in [0.4, 0.5) is 0 Å². The smallest absolute Gasteiger partial charge is 0.244 e. The zero-order valence-corrected chi connectivity index (χ0v) is 17.5. The summed E-state index contributed by atoms with van der Waals surface area (Å²) in [6, 6.07) is 18.9. The first kappa shape index (κ1) is 21.0. The number of rotatable bonds is 7. The van der Waals surface area contributed by atoms with E-state index in [-0.39, 0.29) is 17.8 Å². The van der Waals surface area contributed by atoms with Crippen LogP contribution in [0.5, 0.6) is 5.75 Å². The summed E-state index contributed by atoms with van der Waals surface area (Å²) < 4.78 is 27.9. The molecule has 4 rings (SSSR count). The third kappa shape index (κ3) is 5.45. The fourth-order valence-corrected chi connectivity index (χ4v) is 3.97. The third-order valence-corrected chi connectivity index (χ3v) is 5.54. The maximum atomic E-state index is 12.1. The van der Waals surface area contributed by atoms with Crippen LogP contribution >= 0.6 is 0 Å². The van der Waals surface area contributed by atoms with E-state index in [1.807, 2.05) is 60.7 Å². The predicted octanol–water partition coefficient (Wildman–Crippen LogP) is 3.26. The monoisotopic (exact) mass is 433 g/mol. The number of para-hydroxylation sites is 1. The van der Waals surface area contributed by atoms with Crippen LogP contribution in [0.15, 0.2) is 72.9 Å². The Hall–Kier alpha value is -3.29. The van der Waals surface area contributed by atoms with Gasteiger partial charge in [-0.25, -0.2) is 0 Å². The van der Waals surface area contributed by atoms with E-state index in [0.717, 1.165) is 33.7 Å². The number of carbonyl (C=O) groups excluding carboxylic acids is 1. The van der Waals surface area contributed by atoms with Crippen LogP contribution < -0.4 is 10.1 Å². The van der Waals surface area contributed by atoms with E-state index in [9.17, 15) is 13.6 Å². The van der Waals surface area contributed by atoms with Crippen molar-refractivity contribution in [2.45, 2.75) is 18.3 Å². The molecule has 2 unspecified atom stereocenters. The molecule has 1 aliphatic heterocycles. The minimum Gasteiger partial charge on any atom is -0.772 e. The second kappa shape index (κ2) is 9.68. The number of fused-ring (bicyclic) bond motifs is 1. The molecule has 1 amide bonds. The first-order valence-electron chi connectivity index (χ1n) is 9.89. The lowest BCUT2D eigenvalue weighted by molar-refractivity contribution is -0.116. The summed E-state index contributed by atoms with van der Waals surface area (Å²) in [5, 5.41) is 2.88. The quantitative estimate of drug-likeness (QED) is 0.456. The summed E-state index contributed by atoms with van der Waals surface area (Å²) in [6.45, 7) is 0.397. The number of aromatic nitrogens is 1. The molecular formula is C24H21N2O4S-. The standard InChI is InChI=1S/C24H22N2O4S/c27-23(12-11-20-5-1-2-13-25-20)26-15-21-14-19-4-3-6-22(24(19)30-21)18-9-7-17(8-10-18)16-31(28)29/h1-13,21H,14-16H2,(H,26,27)(H,28,29)/p-1/b12-11+. The van der Waals surface area contributed by atoms with Gasteiger partial charge >= 0.3 is 0 Å². The van der Waals surface area contributed by atoms with Crippen molar-refractivity contribution in [1.82, 2.24) is 10.3 Å². The number of benzene rings is 2. The average Bonchev–Trinajstić information content (AvgIpc) is 3.20.